The predicted molar refractivity (Wildman–Crippen MR) is 63.8 cm³/mol. The van der Waals surface area contributed by atoms with Crippen LogP contribution in [0.4, 0.5) is 4.39 Å². The van der Waals surface area contributed by atoms with Crippen molar-refractivity contribution in [2.75, 3.05) is 0 Å². The van der Waals surface area contributed by atoms with E-state index in [2.05, 4.69) is 0 Å². The first kappa shape index (κ1) is 13.4. The zero-order valence-corrected chi connectivity index (χ0v) is 10.2. The second-order valence-electron chi connectivity index (χ2n) is 4.40. The SMILES string of the molecule is CC(C)C[C@H](O)[C@H](N)c1ccc(F)c(Cl)c1. The molecule has 3 N–H and O–H groups in total. The van der Waals surface area contributed by atoms with Gasteiger partial charge >= 0.3 is 0 Å². The van der Waals surface area contributed by atoms with Gasteiger partial charge in [0.15, 0.2) is 0 Å². The van der Waals surface area contributed by atoms with Gasteiger partial charge in [-0.25, -0.2) is 4.39 Å². The number of halogens is 2. The molecule has 1 rings (SSSR count). The van der Waals surface area contributed by atoms with Crippen LogP contribution in [0.1, 0.15) is 31.9 Å². The van der Waals surface area contributed by atoms with E-state index in [-0.39, 0.29) is 5.02 Å². The van der Waals surface area contributed by atoms with Crippen molar-refractivity contribution in [3.63, 3.8) is 0 Å². The molecule has 0 fully saturated rings. The van der Waals surface area contributed by atoms with Crippen LogP contribution < -0.4 is 5.73 Å². The number of aliphatic hydroxyl groups is 1. The molecule has 0 aliphatic carbocycles. The Labute approximate surface area is 100 Å². The zero-order valence-electron chi connectivity index (χ0n) is 9.45. The van der Waals surface area contributed by atoms with E-state index >= 15 is 0 Å². The lowest BCUT2D eigenvalue weighted by Gasteiger charge is -2.21. The largest absolute Gasteiger partial charge is 0.391 e. The standard InChI is InChI=1S/C12H17ClFNO/c1-7(2)5-11(16)12(15)8-3-4-10(14)9(13)6-8/h3-4,6-7,11-12,16H,5,15H2,1-2H3/t11-,12+/m0/s1. The summed E-state index contributed by atoms with van der Waals surface area (Å²) >= 11 is 5.66. The molecule has 0 aromatic heterocycles. The topological polar surface area (TPSA) is 46.2 Å². The molecule has 0 saturated heterocycles. The fraction of sp³-hybridized carbons (Fsp3) is 0.500. The van der Waals surface area contributed by atoms with Crippen LogP contribution in [0.2, 0.25) is 5.02 Å². The molecule has 0 spiro atoms. The van der Waals surface area contributed by atoms with E-state index in [1.54, 1.807) is 6.07 Å². The average molecular weight is 246 g/mol. The molecule has 0 amide bonds. The Bertz CT molecular complexity index is 357. The van der Waals surface area contributed by atoms with E-state index < -0.39 is 18.0 Å². The molecule has 0 saturated carbocycles. The second kappa shape index (κ2) is 5.62. The minimum atomic E-state index is -0.637. The summed E-state index contributed by atoms with van der Waals surface area (Å²) in [6.07, 6.45) is -0.0302. The smallest absolute Gasteiger partial charge is 0.141 e. The molecule has 0 heterocycles. The molecule has 1 aromatic rings. The highest BCUT2D eigenvalue weighted by Crippen LogP contribution is 2.23. The van der Waals surface area contributed by atoms with Crippen molar-refractivity contribution in [3.8, 4) is 0 Å². The summed E-state index contributed by atoms with van der Waals surface area (Å²) in [6.45, 7) is 4.02. The third-order valence-electron chi connectivity index (χ3n) is 2.46. The number of rotatable bonds is 4. The summed E-state index contributed by atoms with van der Waals surface area (Å²) in [5.41, 5.74) is 6.53. The molecule has 2 atom stereocenters. The molecule has 0 radical (unpaired) electrons. The van der Waals surface area contributed by atoms with E-state index in [1.165, 1.54) is 12.1 Å². The fourth-order valence-electron chi connectivity index (χ4n) is 1.57. The Morgan fingerprint density at radius 3 is 2.56 bits per heavy atom. The Morgan fingerprint density at radius 2 is 2.06 bits per heavy atom. The van der Waals surface area contributed by atoms with Gasteiger partial charge < -0.3 is 10.8 Å². The normalized spacial score (nSPS) is 15.2. The molecule has 4 heteroatoms. The summed E-state index contributed by atoms with van der Waals surface area (Å²) in [7, 11) is 0. The van der Waals surface area contributed by atoms with Gasteiger partial charge in [0.1, 0.15) is 5.82 Å². The van der Waals surface area contributed by atoms with Crippen LogP contribution in [0.25, 0.3) is 0 Å². The van der Waals surface area contributed by atoms with Crippen LogP contribution in [0.5, 0.6) is 0 Å². The first-order chi connectivity index (χ1) is 7.41. The molecular formula is C12H17ClFNO. The Balaban J connectivity index is 2.79. The van der Waals surface area contributed by atoms with Crippen molar-refractivity contribution < 1.29 is 9.50 Å². The number of nitrogens with two attached hydrogens (primary N) is 1. The van der Waals surface area contributed by atoms with Crippen LogP contribution in [0.15, 0.2) is 18.2 Å². The van der Waals surface area contributed by atoms with Gasteiger partial charge in [-0.2, -0.15) is 0 Å². The summed E-state index contributed by atoms with van der Waals surface area (Å²) in [5, 5.41) is 9.87. The number of aliphatic hydroxyl groups excluding tert-OH is 1. The summed E-state index contributed by atoms with van der Waals surface area (Å²) in [4.78, 5) is 0. The van der Waals surface area contributed by atoms with Crippen molar-refractivity contribution in [1.29, 1.82) is 0 Å². The Morgan fingerprint density at radius 1 is 1.44 bits per heavy atom. The van der Waals surface area contributed by atoms with E-state index in [0.717, 1.165) is 0 Å². The molecule has 90 valence electrons. The lowest BCUT2D eigenvalue weighted by atomic mass is 9.95. The van der Waals surface area contributed by atoms with Crippen LogP contribution in [-0.2, 0) is 0 Å². The van der Waals surface area contributed by atoms with Gasteiger partial charge in [-0.1, -0.05) is 31.5 Å². The van der Waals surface area contributed by atoms with Crippen LogP contribution in [-0.4, -0.2) is 11.2 Å². The molecule has 2 nitrogen and oxygen atoms in total. The third kappa shape index (κ3) is 3.44. The Kier molecular flexibility index (Phi) is 4.71. The third-order valence-corrected chi connectivity index (χ3v) is 2.75. The lowest BCUT2D eigenvalue weighted by Crippen LogP contribution is -2.27. The molecule has 1 aromatic carbocycles. The van der Waals surface area contributed by atoms with Gasteiger partial charge in [-0.15, -0.1) is 0 Å². The van der Waals surface area contributed by atoms with Crippen LogP contribution in [0.3, 0.4) is 0 Å². The fourth-order valence-corrected chi connectivity index (χ4v) is 1.76. The van der Waals surface area contributed by atoms with E-state index in [9.17, 15) is 9.50 Å². The van der Waals surface area contributed by atoms with Crippen LogP contribution in [0, 0.1) is 11.7 Å². The molecule has 16 heavy (non-hydrogen) atoms. The molecule has 0 unspecified atom stereocenters. The van der Waals surface area contributed by atoms with Crippen molar-refractivity contribution in [2.45, 2.75) is 32.4 Å². The van der Waals surface area contributed by atoms with Crippen molar-refractivity contribution in [2.24, 2.45) is 11.7 Å². The highest BCUT2D eigenvalue weighted by molar-refractivity contribution is 6.30. The summed E-state index contributed by atoms with van der Waals surface area (Å²) in [5.74, 6) is -0.118. The van der Waals surface area contributed by atoms with E-state index in [0.29, 0.717) is 17.9 Å². The van der Waals surface area contributed by atoms with Gasteiger partial charge in [-0.3, -0.25) is 0 Å². The minimum Gasteiger partial charge on any atom is -0.391 e. The summed E-state index contributed by atoms with van der Waals surface area (Å²) in [6, 6.07) is 3.75. The van der Waals surface area contributed by atoms with Gasteiger partial charge in [0.2, 0.25) is 0 Å². The van der Waals surface area contributed by atoms with Gasteiger partial charge in [-0.05, 0) is 30.0 Å². The first-order valence-corrected chi connectivity index (χ1v) is 5.68. The molecule has 0 aliphatic rings. The van der Waals surface area contributed by atoms with Crippen molar-refractivity contribution >= 4 is 11.6 Å². The maximum Gasteiger partial charge on any atom is 0.141 e. The highest BCUT2D eigenvalue weighted by atomic mass is 35.5. The highest BCUT2D eigenvalue weighted by Gasteiger charge is 2.18. The molecule has 0 bridgehead atoms. The zero-order chi connectivity index (χ0) is 12.3. The summed E-state index contributed by atoms with van der Waals surface area (Å²) < 4.78 is 12.9. The first-order valence-electron chi connectivity index (χ1n) is 5.30. The second-order valence-corrected chi connectivity index (χ2v) is 4.80. The van der Waals surface area contributed by atoms with Crippen molar-refractivity contribution in [1.82, 2.24) is 0 Å². The van der Waals surface area contributed by atoms with Gasteiger partial charge in [0.05, 0.1) is 17.2 Å². The van der Waals surface area contributed by atoms with E-state index in [4.69, 9.17) is 17.3 Å². The van der Waals surface area contributed by atoms with E-state index in [1.807, 2.05) is 13.8 Å². The number of benzene rings is 1. The lowest BCUT2D eigenvalue weighted by molar-refractivity contribution is 0.121. The maximum absolute atomic E-state index is 12.9. The van der Waals surface area contributed by atoms with Crippen LogP contribution >= 0.6 is 11.6 Å². The average Bonchev–Trinajstić information content (AvgIpc) is 2.20. The van der Waals surface area contributed by atoms with Crippen molar-refractivity contribution in [3.05, 3.63) is 34.6 Å². The number of hydrogen-bond donors (Lipinski definition) is 2. The van der Waals surface area contributed by atoms with Gasteiger partial charge in [0, 0.05) is 0 Å². The molecular weight excluding hydrogens is 229 g/mol. The van der Waals surface area contributed by atoms with Gasteiger partial charge in [0.25, 0.3) is 0 Å². The maximum atomic E-state index is 12.9. The predicted octanol–water partition coefficient (Wildman–Crippen LogP) is 2.89. The molecule has 0 aliphatic heterocycles. The monoisotopic (exact) mass is 245 g/mol. The quantitative estimate of drug-likeness (QED) is 0.857. The minimum absolute atomic E-state index is 0.0321. The number of hydrogen-bond acceptors (Lipinski definition) is 2. The Hall–Kier alpha value is -0.640.